The lowest BCUT2D eigenvalue weighted by Crippen LogP contribution is -2.50. The van der Waals surface area contributed by atoms with Crippen LogP contribution in [-0.4, -0.2) is 34.4 Å². The Hall–Kier alpha value is -3.81. The molecule has 172 valence electrons. The number of carbonyl (C=O) groups excluding carboxylic acids is 1. The molecule has 33 heavy (non-hydrogen) atoms. The summed E-state index contributed by atoms with van der Waals surface area (Å²) in [4.78, 5) is 28.1. The summed E-state index contributed by atoms with van der Waals surface area (Å²) >= 11 is 0. The second kappa shape index (κ2) is 9.77. The van der Waals surface area contributed by atoms with Crippen molar-refractivity contribution in [3.8, 4) is 17.2 Å². The first-order valence-electron chi connectivity index (χ1n) is 10.9. The number of carboxylic acid groups (broad SMARTS) is 1. The van der Waals surface area contributed by atoms with Crippen LogP contribution >= 0.6 is 0 Å². The minimum atomic E-state index is -1.13. The smallest absolute Gasteiger partial charge is 0.407 e. The molecule has 0 unspecified atom stereocenters. The highest BCUT2D eigenvalue weighted by Gasteiger charge is 2.47. The van der Waals surface area contributed by atoms with Gasteiger partial charge in [-0.25, -0.2) is 14.6 Å². The number of aromatic nitrogens is 1. The Morgan fingerprint density at radius 2 is 1.94 bits per heavy atom. The van der Waals surface area contributed by atoms with E-state index in [9.17, 15) is 14.7 Å². The van der Waals surface area contributed by atoms with E-state index in [0.717, 1.165) is 23.2 Å². The van der Waals surface area contributed by atoms with Gasteiger partial charge in [0.15, 0.2) is 0 Å². The number of hydrogen-bond donors (Lipinski definition) is 2. The van der Waals surface area contributed by atoms with Crippen molar-refractivity contribution < 1.29 is 28.6 Å². The number of nitrogens with one attached hydrogen (secondary N) is 1. The molecule has 1 aliphatic carbocycles. The summed E-state index contributed by atoms with van der Waals surface area (Å²) in [7, 11) is 0. The van der Waals surface area contributed by atoms with E-state index in [-0.39, 0.29) is 13.2 Å². The number of carboxylic acids is 1. The molecule has 4 rings (SSSR count). The standard InChI is InChI=1S/C25H26N2O6/c1-17-21(27-22(32-17)19-8-3-2-4-9-19)11-14-31-24(30)26-16-18-7-5-10-20(15-18)33-25(23(28)29)12-6-13-25/h2-5,7-10,15H,6,11-14,16H2,1H3,(H,26,30)(H,28,29). The van der Waals surface area contributed by atoms with E-state index in [1.165, 1.54) is 0 Å². The predicted molar refractivity (Wildman–Crippen MR) is 120 cm³/mol. The maximum absolute atomic E-state index is 12.1. The Labute approximate surface area is 191 Å². The van der Waals surface area contributed by atoms with Gasteiger partial charge >= 0.3 is 12.1 Å². The van der Waals surface area contributed by atoms with Crippen molar-refractivity contribution in [3.05, 3.63) is 71.6 Å². The highest BCUT2D eigenvalue weighted by Crippen LogP contribution is 2.37. The van der Waals surface area contributed by atoms with Crippen LogP contribution in [0, 0.1) is 6.92 Å². The van der Waals surface area contributed by atoms with E-state index in [1.807, 2.05) is 43.3 Å². The number of hydrogen-bond acceptors (Lipinski definition) is 6. The van der Waals surface area contributed by atoms with Gasteiger partial charge in [0.05, 0.1) is 12.3 Å². The SMILES string of the molecule is Cc1oc(-c2ccccc2)nc1CCOC(=O)NCc1cccc(OC2(C(=O)O)CCC2)c1. The first kappa shape index (κ1) is 22.4. The number of aryl methyl sites for hydroxylation is 1. The summed E-state index contributed by atoms with van der Waals surface area (Å²) in [6.45, 7) is 2.23. The fourth-order valence-electron chi connectivity index (χ4n) is 3.63. The average Bonchev–Trinajstić information content (AvgIpc) is 3.16. The molecule has 1 heterocycles. The molecule has 1 aliphatic rings. The molecular weight excluding hydrogens is 424 g/mol. The van der Waals surface area contributed by atoms with Gasteiger partial charge in [-0.05, 0) is 56.0 Å². The summed E-state index contributed by atoms with van der Waals surface area (Å²) in [5.41, 5.74) is 1.28. The molecule has 0 spiro atoms. The van der Waals surface area contributed by atoms with Gasteiger partial charge in [0.1, 0.15) is 11.5 Å². The van der Waals surface area contributed by atoms with Crippen molar-refractivity contribution in [2.75, 3.05) is 6.61 Å². The molecule has 0 atom stereocenters. The van der Waals surface area contributed by atoms with Gasteiger partial charge < -0.3 is 24.3 Å². The van der Waals surface area contributed by atoms with Crippen molar-refractivity contribution in [1.82, 2.24) is 10.3 Å². The van der Waals surface area contributed by atoms with Crippen LogP contribution in [0.15, 0.2) is 59.0 Å². The molecule has 0 saturated heterocycles. The lowest BCUT2D eigenvalue weighted by atomic mass is 9.80. The van der Waals surface area contributed by atoms with Crippen LogP contribution in [0.5, 0.6) is 5.75 Å². The van der Waals surface area contributed by atoms with Gasteiger partial charge in [-0.2, -0.15) is 0 Å². The number of carbonyl (C=O) groups is 2. The Balaban J connectivity index is 1.24. The van der Waals surface area contributed by atoms with E-state index in [1.54, 1.807) is 18.2 Å². The molecule has 0 bridgehead atoms. The molecule has 0 aliphatic heterocycles. The van der Waals surface area contributed by atoms with Crippen LogP contribution in [0.1, 0.15) is 36.3 Å². The van der Waals surface area contributed by atoms with E-state index >= 15 is 0 Å². The van der Waals surface area contributed by atoms with Crippen LogP contribution in [0.2, 0.25) is 0 Å². The van der Waals surface area contributed by atoms with Crippen LogP contribution < -0.4 is 10.1 Å². The topological polar surface area (TPSA) is 111 Å². The fraction of sp³-hybridized carbons (Fsp3) is 0.320. The molecule has 1 aromatic heterocycles. The van der Waals surface area contributed by atoms with Crippen molar-refractivity contribution >= 4 is 12.1 Å². The first-order valence-corrected chi connectivity index (χ1v) is 10.9. The summed E-state index contributed by atoms with van der Waals surface area (Å²) in [6, 6.07) is 16.6. The van der Waals surface area contributed by atoms with E-state index in [2.05, 4.69) is 10.3 Å². The zero-order valence-corrected chi connectivity index (χ0v) is 18.4. The van der Waals surface area contributed by atoms with Crippen LogP contribution in [0.3, 0.4) is 0 Å². The Morgan fingerprint density at radius 1 is 1.15 bits per heavy atom. The monoisotopic (exact) mass is 450 g/mol. The Morgan fingerprint density at radius 3 is 2.64 bits per heavy atom. The van der Waals surface area contributed by atoms with Crippen molar-refractivity contribution in [2.45, 2.75) is 44.8 Å². The normalized spacial score (nSPS) is 14.2. The third-order valence-corrected chi connectivity index (χ3v) is 5.68. The lowest BCUT2D eigenvalue weighted by Gasteiger charge is -2.37. The van der Waals surface area contributed by atoms with Crippen LogP contribution in [0.25, 0.3) is 11.5 Å². The van der Waals surface area contributed by atoms with Crippen molar-refractivity contribution in [3.63, 3.8) is 0 Å². The highest BCUT2D eigenvalue weighted by atomic mass is 16.5. The van der Waals surface area contributed by atoms with Gasteiger partial charge in [0, 0.05) is 18.5 Å². The summed E-state index contributed by atoms with van der Waals surface area (Å²) in [6.07, 6.45) is 1.72. The van der Waals surface area contributed by atoms with Gasteiger partial charge in [-0.3, -0.25) is 0 Å². The minimum absolute atomic E-state index is 0.164. The van der Waals surface area contributed by atoms with Gasteiger partial charge in [-0.15, -0.1) is 0 Å². The minimum Gasteiger partial charge on any atom is -0.478 e. The molecule has 2 N–H and O–H groups in total. The zero-order valence-electron chi connectivity index (χ0n) is 18.4. The second-order valence-electron chi connectivity index (χ2n) is 8.03. The molecular formula is C25H26N2O6. The number of alkyl carbamates (subject to hydrolysis) is 1. The number of rotatable bonds is 9. The van der Waals surface area contributed by atoms with Crippen molar-refractivity contribution in [2.24, 2.45) is 0 Å². The molecule has 2 aromatic carbocycles. The number of oxazole rings is 1. The molecule has 8 heteroatoms. The quantitative estimate of drug-likeness (QED) is 0.494. The van der Waals surface area contributed by atoms with E-state index in [4.69, 9.17) is 13.9 Å². The summed E-state index contributed by atoms with van der Waals surface area (Å²) in [5.74, 6) is 0.765. The third-order valence-electron chi connectivity index (χ3n) is 5.68. The third kappa shape index (κ3) is 5.34. The molecule has 1 fully saturated rings. The molecule has 1 saturated carbocycles. The number of nitrogens with zero attached hydrogens (tertiary/aromatic N) is 1. The predicted octanol–water partition coefficient (Wildman–Crippen LogP) is 4.51. The van der Waals surface area contributed by atoms with Crippen LogP contribution in [-0.2, 0) is 22.5 Å². The Bertz CT molecular complexity index is 1120. The van der Waals surface area contributed by atoms with Gasteiger partial charge in [-0.1, -0.05) is 30.3 Å². The lowest BCUT2D eigenvalue weighted by molar-refractivity contribution is -0.163. The second-order valence-corrected chi connectivity index (χ2v) is 8.03. The first-order chi connectivity index (χ1) is 15.9. The zero-order chi connectivity index (χ0) is 23.3. The van der Waals surface area contributed by atoms with Crippen LogP contribution in [0.4, 0.5) is 4.79 Å². The maximum Gasteiger partial charge on any atom is 0.407 e. The van der Waals surface area contributed by atoms with Crippen molar-refractivity contribution in [1.29, 1.82) is 0 Å². The Kier molecular flexibility index (Phi) is 6.63. The highest BCUT2D eigenvalue weighted by molar-refractivity contribution is 5.79. The van der Waals surface area contributed by atoms with E-state index < -0.39 is 17.7 Å². The number of benzene rings is 2. The number of ether oxygens (including phenoxy) is 2. The fourth-order valence-corrected chi connectivity index (χ4v) is 3.63. The van der Waals surface area contributed by atoms with Gasteiger partial charge in [0.25, 0.3) is 0 Å². The molecule has 8 nitrogen and oxygen atoms in total. The largest absolute Gasteiger partial charge is 0.478 e. The number of aliphatic carboxylic acids is 1. The average molecular weight is 450 g/mol. The maximum atomic E-state index is 12.1. The molecule has 0 radical (unpaired) electrons. The number of amides is 1. The van der Waals surface area contributed by atoms with Gasteiger partial charge in [0.2, 0.25) is 11.5 Å². The molecule has 3 aromatic rings. The summed E-state index contributed by atoms with van der Waals surface area (Å²) in [5, 5.41) is 12.1. The summed E-state index contributed by atoms with van der Waals surface area (Å²) < 4.78 is 16.7. The van der Waals surface area contributed by atoms with E-state index in [0.29, 0.717) is 36.7 Å². The molecule has 1 amide bonds.